The number of esters is 3. The Morgan fingerprint density at radius 3 is 1.04 bits per heavy atom. The van der Waals surface area contributed by atoms with Gasteiger partial charge in [0.25, 0.3) is 0 Å². The van der Waals surface area contributed by atoms with Crippen molar-refractivity contribution < 1.29 is 52.2 Å². The smallest absolute Gasteiger partial charge is 0.462 e. The van der Waals surface area contributed by atoms with Crippen molar-refractivity contribution in [2.45, 2.75) is 303 Å². The number of phosphoric acid groups is 1. The van der Waals surface area contributed by atoms with Crippen molar-refractivity contribution in [3.63, 3.8) is 0 Å². The van der Waals surface area contributed by atoms with Crippen LogP contribution in [0.1, 0.15) is 290 Å². The maximum atomic E-state index is 12.9. The maximum Gasteiger partial charge on any atom is 0.472 e. The van der Waals surface area contributed by atoms with E-state index >= 15 is 0 Å². The minimum Gasteiger partial charge on any atom is -0.462 e. The molecule has 3 unspecified atom stereocenters. The quantitative estimate of drug-likeness (QED) is 0.0197. The number of hydrogen-bond donors (Lipinski definition) is 2. The average Bonchev–Trinajstić information content (AvgIpc) is 3.43. The van der Waals surface area contributed by atoms with E-state index in [1.807, 2.05) is 0 Å². The number of allylic oxidation sites excluding steroid dienone is 12. The van der Waals surface area contributed by atoms with Crippen molar-refractivity contribution in [3.8, 4) is 0 Å². The Morgan fingerprint density at radius 2 is 0.667 bits per heavy atom. The van der Waals surface area contributed by atoms with Crippen molar-refractivity contribution in [3.05, 3.63) is 72.9 Å². The third-order valence-corrected chi connectivity index (χ3v) is 14.5. The molecular weight excluding hydrogens is 1000 g/mol. The average molecular weight is 1120 g/mol. The van der Waals surface area contributed by atoms with Crippen molar-refractivity contribution in [2.75, 3.05) is 26.4 Å². The molecule has 0 aromatic rings. The molecule has 0 radical (unpaired) electrons. The molecule has 0 bridgehead atoms. The van der Waals surface area contributed by atoms with Crippen molar-refractivity contribution >= 4 is 25.7 Å². The number of phosphoric ester groups is 1. The van der Waals surface area contributed by atoms with Crippen LogP contribution in [0.25, 0.3) is 0 Å². The summed E-state index contributed by atoms with van der Waals surface area (Å²) >= 11 is 0. The molecule has 0 spiro atoms. The first-order chi connectivity index (χ1) is 38.2. The summed E-state index contributed by atoms with van der Waals surface area (Å²) in [6.45, 7) is 4.52. The Hall–Kier alpha value is -3.08. The van der Waals surface area contributed by atoms with Crippen LogP contribution in [0.2, 0.25) is 0 Å². The molecule has 0 aromatic carbocycles. The summed E-state index contributed by atoms with van der Waals surface area (Å²) in [5, 5.41) is 9.84. The van der Waals surface area contributed by atoms with E-state index in [4.69, 9.17) is 23.3 Å². The minimum absolute atomic E-state index is 0.138. The van der Waals surface area contributed by atoms with Crippen LogP contribution < -0.4 is 0 Å². The highest BCUT2D eigenvalue weighted by Crippen LogP contribution is 2.43. The van der Waals surface area contributed by atoms with Gasteiger partial charge in [-0.3, -0.25) is 23.4 Å². The van der Waals surface area contributed by atoms with Gasteiger partial charge in [-0.15, -0.1) is 0 Å². The summed E-state index contributed by atoms with van der Waals surface area (Å²) in [6, 6.07) is 0. The predicted octanol–water partition coefficient (Wildman–Crippen LogP) is 19.3. The Kier molecular flexibility index (Phi) is 57.7. The SMILES string of the molecule is CC/C=C\C/C=C\C/C=C\C/C=C\CCCCCCC(=O)OC(COC(=O)CCCCCCCCCCC/C=C\CCCCCCCC)COP(=O)(O)OCC(CO)OC(=O)CCCCCCC/C=C\CCCCCCCC. The Bertz CT molecular complexity index is 1590. The number of aliphatic hydroxyl groups is 1. The number of carbonyl (C=O) groups excluding carboxylic acids is 3. The zero-order valence-electron chi connectivity index (χ0n) is 50.1. The van der Waals surface area contributed by atoms with Crippen LogP contribution in [0, 0.1) is 0 Å². The maximum absolute atomic E-state index is 12.9. The summed E-state index contributed by atoms with van der Waals surface area (Å²) in [5.74, 6) is -1.49. The third kappa shape index (κ3) is 57.6. The molecule has 0 heterocycles. The summed E-state index contributed by atoms with van der Waals surface area (Å²) in [7, 11) is -4.76. The molecule has 0 saturated carbocycles. The molecule has 2 N–H and O–H groups in total. The first-order valence-corrected chi connectivity index (χ1v) is 33.3. The van der Waals surface area contributed by atoms with Crippen LogP contribution in [-0.4, -0.2) is 66.5 Å². The second-order valence-electron chi connectivity index (χ2n) is 21.2. The lowest BCUT2D eigenvalue weighted by Gasteiger charge is -2.21. The van der Waals surface area contributed by atoms with Crippen LogP contribution in [0.15, 0.2) is 72.9 Å². The minimum atomic E-state index is -4.76. The van der Waals surface area contributed by atoms with Crippen molar-refractivity contribution in [1.82, 2.24) is 0 Å². The number of unbranched alkanes of at least 4 members (excludes halogenated alkanes) is 30. The molecule has 0 rings (SSSR count). The molecule has 11 nitrogen and oxygen atoms in total. The molecule has 0 amide bonds. The first kappa shape index (κ1) is 74.9. The molecule has 0 aliphatic heterocycles. The van der Waals surface area contributed by atoms with E-state index in [1.54, 1.807) is 0 Å². The summed E-state index contributed by atoms with van der Waals surface area (Å²) in [4.78, 5) is 48.7. The highest BCUT2D eigenvalue weighted by atomic mass is 31.2. The van der Waals surface area contributed by atoms with Gasteiger partial charge in [-0.2, -0.15) is 0 Å². The first-order valence-electron chi connectivity index (χ1n) is 31.8. The van der Waals surface area contributed by atoms with Gasteiger partial charge in [0.05, 0.1) is 19.8 Å². The van der Waals surface area contributed by atoms with Gasteiger partial charge in [-0.1, -0.05) is 235 Å². The van der Waals surface area contributed by atoms with Gasteiger partial charge in [0.2, 0.25) is 0 Å². The Labute approximate surface area is 478 Å². The van der Waals surface area contributed by atoms with Gasteiger partial charge in [-0.05, 0) is 109 Å². The van der Waals surface area contributed by atoms with E-state index < -0.39 is 57.8 Å². The molecule has 78 heavy (non-hydrogen) atoms. The van der Waals surface area contributed by atoms with Crippen LogP contribution in [0.5, 0.6) is 0 Å². The fourth-order valence-electron chi connectivity index (χ4n) is 8.75. The molecule has 12 heteroatoms. The monoisotopic (exact) mass is 1120 g/mol. The Morgan fingerprint density at radius 1 is 0.372 bits per heavy atom. The highest BCUT2D eigenvalue weighted by Gasteiger charge is 2.28. The lowest BCUT2D eigenvalue weighted by atomic mass is 10.1. The van der Waals surface area contributed by atoms with Gasteiger partial charge in [0, 0.05) is 19.3 Å². The zero-order valence-corrected chi connectivity index (χ0v) is 51.0. The zero-order chi connectivity index (χ0) is 56.9. The van der Waals surface area contributed by atoms with Gasteiger partial charge in [0.1, 0.15) is 12.7 Å². The topological polar surface area (TPSA) is 155 Å². The molecule has 0 aliphatic carbocycles. The highest BCUT2D eigenvalue weighted by molar-refractivity contribution is 7.47. The molecule has 0 saturated heterocycles. The van der Waals surface area contributed by atoms with Crippen molar-refractivity contribution in [2.24, 2.45) is 0 Å². The second kappa shape index (κ2) is 60.0. The standard InChI is InChI=1S/C66H117O11P/c1-4-7-10-13-16-19-22-25-28-30-31-33-35-37-40-43-46-49-52-55-64(68)73-59-63(77-66(70)57-54-51-48-45-42-39-36-32-29-26-23-20-17-14-11-8-5-2)61-75-78(71,72)74-60-62(58-67)76-65(69)56-53-50-47-44-41-38-34-27-24-21-18-15-12-9-6-3/h8,11,17,20,25-29,34,36,39,62-63,67H,4-7,9-10,12-16,18-19,21-24,30-33,35,37-38,40-61H2,1-3H3,(H,71,72)/b11-8-,20-17-,28-25-,29-26-,34-27-,39-36-. The van der Waals surface area contributed by atoms with Crippen molar-refractivity contribution in [1.29, 1.82) is 0 Å². The summed E-state index contributed by atoms with van der Waals surface area (Å²) in [6.07, 6.45) is 68.5. The number of hydrogen-bond acceptors (Lipinski definition) is 10. The van der Waals surface area contributed by atoms with Gasteiger partial charge in [-0.25, -0.2) is 4.57 Å². The molecule has 0 aromatic heterocycles. The summed E-state index contributed by atoms with van der Waals surface area (Å²) < 4.78 is 39.6. The van der Waals surface area contributed by atoms with Crippen LogP contribution in [0.3, 0.4) is 0 Å². The summed E-state index contributed by atoms with van der Waals surface area (Å²) in [5.41, 5.74) is 0. The lowest BCUT2D eigenvalue weighted by molar-refractivity contribution is -0.161. The fraction of sp³-hybridized carbons (Fsp3) is 0.773. The number of rotatable bonds is 59. The molecule has 452 valence electrons. The lowest BCUT2D eigenvalue weighted by Crippen LogP contribution is -2.30. The number of ether oxygens (including phenoxy) is 3. The van der Waals surface area contributed by atoms with E-state index in [2.05, 4.69) is 93.7 Å². The van der Waals surface area contributed by atoms with E-state index in [0.29, 0.717) is 19.3 Å². The second-order valence-corrected chi connectivity index (χ2v) is 22.6. The predicted molar refractivity (Wildman–Crippen MR) is 325 cm³/mol. The normalized spacial score (nSPS) is 13.8. The van der Waals surface area contributed by atoms with Gasteiger partial charge < -0.3 is 24.2 Å². The van der Waals surface area contributed by atoms with Crippen LogP contribution in [0.4, 0.5) is 0 Å². The molecule has 0 fully saturated rings. The van der Waals surface area contributed by atoms with E-state index in [0.717, 1.165) is 109 Å². The number of aliphatic hydroxyl groups excluding tert-OH is 1. The van der Waals surface area contributed by atoms with Gasteiger partial charge >= 0.3 is 25.7 Å². The fourth-order valence-corrected chi connectivity index (χ4v) is 9.53. The van der Waals surface area contributed by atoms with E-state index in [9.17, 15) is 28.9 Å². The van der Waals surface area contributed by atoms with Gasteiger partial charge in [0.15, 0.2) is 6.10 Å². The molecule has 0 aliphatic rings. The third-order valence-electron chi connectivity index (χ3n) is 13.6. The van der Waals surface area contributed by atoms with Crippen LogP contribution in [-0.2, 0) is 42.2 Å². The van der Waals surface area contributed by atoms with E-state index in [-0.39, 0.29) is 25.9 Å². The molecule has 3 atom stereocenters. The van der Waals surface area contributed by atoms with Crippen LogP contribution >= 0.6 is 7.82 Å². The molecular formula is C66H117O11P. The number of carbonyl (C=O) groups is 3. The van der Waals surface area contributed by atoms with E-state index in [1.165, 1.54) is 122 Å². The Balaban J connectivity index is 4.74. The largest absolute Gasteiger partial charge is 0.472 e.